The SMILES string of the molecule is C[C@H](CC(=O)c1ccc([N+](=O)[O-])cc1)c1cccc2ccccc12. The average Bonchev–Trinajstić information content (AvgIpc) is 2.61. The first-order valence-electron chi connectivity index (χ1n) is 7.81. The third kappa shape index (κ3) is 3.18. The molecule has 4 heteroatoms. The molecule has 0 unspecified atom stereocenters. The van der Waals surface area contributed by atoms with E-state index in [1.165, 1.54) is 24.3 Å². The predicted octanol–water partition coefficient (Wildman–Crippen LogP) is 5.12. The van der Waals surface area contributed by atoms with E-state index in [4.69, 9.17) is 0 Å². The first-order valence-corrected chi connectivity index (χ1v) is 7.81. The number of hydrogen-bond acceptors (Lipinski definition) is 3. The molecule has 120 valence electrons. The van der Waals surface area contributed by atoms with Gasteiger partial charge in [-0.2, -0.15) is 0 Å². The van der Waals surface area contributed by atoms with E-state index in [0.717, 1.165) is 16.3 Å². The monoisotopic (exact) mass is 319 g/mol. The zero-order valence-electron chi connectivity index (χ0n) is 13.3. The lowest BCUT2D eigenvalue weighted by atomic mass is 9.89. The van der Waals surface area contributed by atoms with Gasteiger partial charge in [-0.1, -0.05) is 49.4 Å². The highest BCUT2D eigenvalue weighted by Crippen LogP contribution is 2.28. The van der Waals surface area contributed by atoms with Gasteiger partial charge in [0.2, 0.25) is 0 Å². The lowest BCUT2D eigenvalue weighted by Crippen LogP contribution is -2.05. The molecule has 0 aliphatic rings. The second-order valence-corrected chi connectivity index (χ2v) is 5.90. The van der Waals surface area contributed by atoms with E-state index in [9.17, 15) is 14.9 Å². The summed E-state index contributed by atoms with van der Waals surface area (Å²) in [5, 5.41) is 13.0. The Bertz CT molecular complexity index is 895. The van der Waals surface area contributed by atoms with Crippen LogP contribution in [0.25, 0.3) is 10.8 Å². The molecule has 0 fully saturated rings. The number of nitro groups is 1. The molecule has 0 amide bonds. The molecule has 3 aromatic rings. The molecule has 0 spiro atoms. The van der Waals surface area contributed by atoms with Crippen LogP contribution in [-0.4, -0.2) is 10.7 Å². The van der Waals surface area contributed by atoms with Gasteiger partial charge in [-0.15, -0.1) is 0 Å². The number of Topliss-reactive ketones (excluding diaryl/α,β-unsaturated/α-hetero) is 1. The molecule has 0 aliphatic heterocycles. The number of carbonyl (C=O) groups is 1. The largest absolute Gasteiger partial charge is 0.294 e. The van der Waals surface area contributed by atoms with Crippen molar-refractivity contribution in [3.8, 4) is 0 Å². The van der Waals surface area contributed by atoms with E-state index >= 15 is 0 Å². The summed E-state index contributed by atoms with van der Waals surface area (Å²) in [4.78, 5) is 22.7. The molecule has 24 heavy (non-hydrogen) atoms. The van der Waals surface area contributed by atoms with Crippen molar-refractivity contribution >= 4 is 22.2 Å². The van der Waals surface area contributed by atoms with Crippen molar-refractivity contribution in [2.45, 2.75) is 19.3 Å². The Morgan fingerprint density at radius 1 is 1.00 bits per heavy atom. The van der Waals surface area contributed by atoms with Crippen LogP contribution in [-0.2, 0) is 0 Å². The first kappa shape index (κ1) is 15.9. The average molecular weight is 319 g/mol. The molecule has 0 aliphatic carbocycles. The Hall–Kier alpha value is -3.01. The van der Waals surface area contributed by atoms with Gasteiger partial charge in [-0.3, -0.25) is 14.9 Å². The van der Waals surface area contributed by atoms with Crippen LogP contribution in [0.15, 0.2) is 66.7 Å². The molecule has 4 nitrogen and oxygen atoms in total. The van der Waals surface area contributed by atoms with Crippen molar-refractivity contribution in [3.05, 3.63) is 88.0 Å². The number of nitro benzene ring substituents is 1. The lowest BCUT2D eigenvalue weighted by molar-refractivity contribution is -0.384. The summed E-state index contributed by atoms with van der Waals surface area (Å²) in [6.07, 6.45) is 0.367. The van der Waals surface area contributed by atoms with E-state index < -0.39 is 4.92 Å². The minimum Gasteiger partial charge on any atom is -0.294 e. The Kier molecular flexibility index (Phi) is 4.38. The van der Waals surface area contributed by atoms with Crippen LogP contribution < -0.4 is 0 Å². The molecular weight excluding hydrogens is 302 g/mol. The molecule has 0 saturated carbocycles. The standard InChI is InChI=1S/C20H17NO3/c1-14(18-8-4-6-15-5-2-3-7-19(15)18)13-20(22)16-9-11-17(12-10-16)21(23)24/h2-12,14H,13H2,1H3/t14-/m1/s1. The van der Waals surface area contributed by atoms with Gasteiger partial charge in [0.25, 0.3) is 5.69 Å². The quantitative estimate of drug-likeness (QED) is 0.372. The van der Waals surface area contributed by atoms with Crippen LogP contribution in [0.2, 0.25) is 0 Å². The molecule has 0 N–H and O–H groups in total. The second kappa shape index (κ2) is 6.62. The summed E-state index contributed by atoms with van der Waals surface area (Å²) in [6, 6.07) is 20.0. The first-order chi connectivity index (χ1) is 11.6. The maximum absolute atomic E-state index is 12.5. The van der Waals surface area contributed by atoms with Gasteiger partial charge >= 0.3 is 0 Å². The summed E-state index contributed by atoms with van der Waals surface area (Å²) in [5.74, 6) is 0.0594. The Labute approximate surface area is 139 Å². The van der Waals surface area contributed by atoms with Crippen LogP contribution in [0.5, 0.6) is 0 Å². The number of non-ortho nitro benzene ring substituents is 1. The second-order valence-electron chi connectivity index (χ2n) is 5.90. The van der Waals surface area contributed by atoms with Gasteiger partial charge < -0.3 is 0 Å². The number of carbonyl (C=O) groups excluding carboxylic acids is 1. The molecular formula is C20H17NO3. The number of ketones is 1. The van der Waals surface area contributed by atoms with Crippen LogP contribution >= 0.6 is 0 Å². The van der Waals surface area contributed by atoms with Gasteiger partial charge in [0, 0.05) is 24.1 Å². The fourth-order valence-corrected chi connectivity index (χ4v) is 2.96. The van der Waals surface area contributed by atoms with Gasteiger partial charge in [-0.25, -0.2) is 0 Å². The van der Waals surface area contributed by atoms with Crippen LogP contribution in [0.3, 0.4) is 0 Å². The number of nitrogens with zero attached hydrogens (tertiary/aromatic N) is 1. The number of hydrogen-bond donors (Lipinski definition) is 0. The fraction of sp³-hybridized carbons (Fsp3) is 0.150. The highest BCUT2D eigenvalue weighted by atomic mass is 16.6. The van der Waals surface area contributed by atoms with Crippen molar-refractivity contribution in [1.82, 2.24) is 0 Å². The summed E-state index contributed by atoms with van der Waals surface area (Å²) >= 11 is 0. The molecule has 3 rings (SSSR count). The summed E-state index contributed by atoms with van der Waals surface area (Å²) in [5.41, 5.74) is 1.64. The Balaban J connectivity index is 1.82. The van der Waals surface area contributed by atoms with Crippen LogP contribution in [0, 0.1) is 10.1 Å². The molecule has 0 heterocycles. The fourth-order valence-electron chi connectivity index (χ4n) is 2.96. The van der Waals surface area contributed by atoms with Gasteiger partial charge in [-0.05, 0) is 34.4 Å². The Morgan fingerprint density at radius 3 is 2.38 bits per heavy atom. The molecule has 0 aromatic heterocycles. The van der Waals surface area contributed by atoms with E-state index in [0.29, 0.717) is 12.0 Å². The minimum atomic E-state index is -0.465. The van der Waals surface area contributed by atoms with Crippen molar-refractivity contribution in [3.63, 3.8) is 0 Å². The van der Waals surface area contributed by atoms with E-state index in [1.54, 1.807) is 0 Å². The lowest BCUT2D eigenvalue weighted by Gasteiger charge is -2.14. The smallest absolute Gasteiger partial charge is 0.269 e. The third-order valence-corrected chi connectivity index (χ3v) is 4.25. The summed E-state index contributed by atoms with van der Waals surface area (Å²) in [7, 11) is 0. The van der Waals surface area contributed by atoms with Gasteiger partial charge in [0.15, 0.2) is 5.78 Å². The van der Waals surface area contributed by atoms with E-state index in [-0.39, 0.29) is 17.4 Å². The molecule has 3 aromatic carbocycles. The number of rotatable bonds is 5. The zero-order valence-corrected chi connectivity index (χ0v) is 13.3. The van der Waals surface area contributed by atoms with E-state index in [1.807, 2.05) is 25.1 Å². The molecule has 1 atom stereocenters. The minimum absolute atomic E-state index is 0.00588. The maximum atomic E-state index is 12.5. The summed E-state index contributed by atoms with van der Waals surface area (Å²) < 4.78 is 0. The van der Waals surface area contributed by atoms with Gasteiger partial charge in [0.1, 0.15) is 0 Å². The van der Waals surface area contributed by atoms with Crippen molar-refractivity contribution < 1.29 is 9.72 Å². The number of fused-ring (bicyclic) bond motifs is 1. The topological polar surface area (TPSA) is 60.2 Å². The van der Waals surface area contributed by atoms with Crippen molar-refractivity contribution in [1.29, 1.82) is 0 Å². The van der Waals surface area contributed by atoms with Crippen LogP contribution in [0.1, 0.15) is 35.2 Å². The van der Waals surface area contributed by atoms with Gasteiger partial charge in [0.05, 0.1) is 4.92 Å². The highest BCUT2D eigenvalue weighted by molar-refractivity contribution is 5.97. The third-order valence-electron chi connectivity index (χ3n) is 4.25. The maximum Gasteiger partial charge on any atom is 0.269 e. The normalized spacial score (nSPS) is 12.0. The molecule has 0 bridgehead atoms. The van der Waals surface area contributed by atoms with Crippen molar-refractivity contribution in [2.75, 3.05) is 0 Å². The highest BCUT2D eigenvalue weighted by Gasteiger charge is 2.16. The molecule has 0 saturated heterocycles. The number of benzene rings is 3. The van der Waals surface area contributed by atoms with Crippen molar-refractivity contribution in [2.24, 2.45) is 0 Å². The predicted molar refractivity (Wildman–Crippen MR) is 94.4 cm³/mol. The molecule has 0 radical (unpaired) electrons. The van der Waals surface area contributed by atoms with E-state index in [2.05, 4.69) is 24.3 Å². The summed E-state index contributed by atoms with van der Waals surface area (Å²) in [6.45, 7) is 2.03. The Morgan fingerprint density at radius 2 is 1.67 bits per heavy atom. The van der Waals surface area contributed by atoms with Crippen LogP contribution in [0.4, 0.5) is 5.69 Å². The zero-order chi connectivity index (χ0) is 17.1.